The van der Waals surface area contributed by atoms with Crippen molar-refractivity contribution in [2.75, 3.05) is 27.4 Å². The van der Waals surface area contributed by atoms with Crippen LogP contribution in [0.2, 0.25) is 0 Å². The Morgan fingerprint density at radius 2 is 1.97 bits per heavy atom. The molecule has 1 aliphatic heterocycles. The number of rotatable bonds is 7. The van der Waals surface area contributed by atoms with Gasteiger partial charge in [0.1, 0.15) is 29.4 Å². The van der Waals surface area contributed by atoms with E-state index in [9.17, 15) is 0 Å². The molecule has 182 valence electrons. The van der Waals surface area contributed by atoms with Crippen LogP contribution in [0.5, 0.6) is 16.7 Å². The molecule has 0 saturated carbocycles. The van der Waals surface area contributed by atoms with Crippen molar-refractivity contribution < 1.29 is 23.4 Å². The monoisotopic (exact) mass is 512 g/mol. The Morgan fingerprint density at radius 1 is 1.11 bits per heavy atom. The van der Waals surface area contributed by atoms with E-state index in [1.54, 1.807) is 30.1 Å². The van der Waals surface area contributed by atoms with Crippen molar-refractivity contribution in [2.45, 2.75) is 31.8 Å². The van der Waals surface area contributed by atoms with Crippen molar-refractivity contribution in [1.82, 2.24) is 19.6 Å². The topological polar surface area (TPSA) is 93.1 Å². The van der Waals surface area contributed by atoms with Crippen LogP contribution in [0.25, 0.3) is 27.4 Å². The van der Waals surface area contributed by atoms with Crippen LogP contribution in [0.1, 0.15) is 30.5 Å². The summed E-state index contributed by atoms with van der Waals surface area (Å²) in [5.41, 5.74) is 2.32. The highest BCUT2D eigenvalue weighted by Gasteiger charge is 2.32. The van der Waals surface area contributed by atoms with E-state index < -0.39 is 0 Å². The zero-order valence-electron chi connectivity index (χ0n) is 19.6. The maximum absolute atomic E-state index is 6.23. The van der Waals surface area contributed by atoms with Crippen molar-refractivity contribution in [3.8, 4) is 28.1 Å². The van der Waals surface area contributed by atoms with Gasteiger partial charge in [0.25, 0.3) is 5.19 Å². The minimum atomic E-state index is 0.0705. The second kappa shape index (κ2) is 8.81. The Hall–Kier alpha value is -3.15. The molecule has 0 N–H and O–H groups in total. The molecule has 0 amide bonds. The Bertz CT molecular complexity index is 1460. The number of aromatic nitrogens is 4. The van der Waals surface area contributed by atoms with E-state index in [0.717, 1.165) is 47.1 Å². The first-order chi connectivity index (χ1) is 17.0. The lowest BCUT2D eigenvalue weighted by Crippen LogP contribution is -2.30. The van der Waals surface area contributed by atoms with E-state index in [0.29, 0.717) is 40.3 Å². The van der Waals surface area contributed by atoms with Gasteiger partial charge in [0.05, 0.1) is 36.5 Å². The fraction of sp³-hybridized carbons (Fsp3) is 0.375. The summed E-state index contributed by atoms with van der Waals surface area (Å²) in [4.78, 5) is 10.2. The lowest BCUT2D eigenvalue weighted by molar-refractivity contribution is 0.0563. The molecular weight excluding hydrogens is 488 g/mol. The third-order valence-electron chi connectivity index (χ3n) is 6.30. The minimum absolute atomic E-state index is 0.0705. The van der Waals surface area contributed by atoms with Gasteiger partial charge in [-0.05, 0) is 30.2 Å². The first kappa shape index (κ1) is 22.3. The predicted molar refractivity (Wildman–Crippen MR) is 133 cm³/mol. The molecule has 0 atom stereocenters. The number of benzene rings is 1. The summed E-state index contributed by atoms with van der Waals surface area (Å²) in [6, 6.07) is 5.65. The maximum atomic E-state index is 6.23. The summed E-state index contributed by atoms with van der Waals surface area (Å²) < 4.78 is 30.2. The lowest BCUT2D eigenvalue weighted by Gasteiger charge is -2.31. The van der Waals surface area contributed by atoms with E-state index >= 15 is 0 Å². The molecule has 35 heavy (non-hydrogen) atoms. The summed E-state index contributed by atoms with van der Waals surface area (Å²) >= 11 is 3.06. The van der Waals surface area contributed by atoms with Gasteiger partial charge in [-0.25, -0.2) is 14.5 Å². The number of fused-ring (bicyclic) bond motifs is 2. The van der Waals surface area contributed by atoms with Crippen molar-refractivity contribution in [3.05, 3.63) is 40.5 Å². The van der Waals surface area contributed by atoms with Gasteiger partial charge in [0.15, 0.2) is 5.76 Å². The summed E-state index contributed by atoms with van der Waals surface area (Å²) in [5.74, 6) is 1.94. The summed E-state index contributed by atoms with van der Waals surface area (Å²) in [5, 5.41) is 8.95. The van der Waals surface area contributed by atoms with Gasteiger partial charge in [0, 0.05) is 36.1 Å². The number of nitrogens with zero attached hydrogens (tertiary/aromatic N) is 4. The van der Waals surface area contributed by atoms with E-state index in [-0.39, 0.29) is 5.41 Å². The van der Waals surface area contributed by atoms with Crippen LogP contribution in [0.4, 0.5) is 0 Å². The number of ether oxygens (including phenoxy) is 4. The van der Waals surface area contributed by atoms with Gasteiger partial charge in [-0.1, -0.05) is 6.92 Å². The van der Waals surface area contributed by atoms with Crippen LogP contribution in [0.3, 0.4) is 0 Å². The molecule has 5 aromatic rings. The average molecular weight is 513 g/mol. The predicted octanol–water partition coefficient (Wildman–Crippen LogP) is 5.32. The Labute approximate surface area is 209 Å². The smallest absolute Gasteiger partial charge is 0.294 e. The minimum Gasteiger partial charge on any atom is -0.496 e. The standard InChI is InChI=1S/C24H24N4O5S2/c1-24(4-6-31-7-5-24)21-25-14(13-34-21)12-32-18-8-15(29-2)9-19-16(18)10-20(33-19)17-11-28-22(26-17)35-23(27-28)30-3/h8-11,13H,4-7,12H2,1-3H3. The van der Waals surface area contributed by atoms with Crippen LogP contribution < -0.4 is 14.2 Å². The molecule has 0 radical (unpaired) electrons. The number of imidazole rings is 1. The van der Waals surface area contributed by atoms with E-state index in [1.807, 2.05) is 24.4 Å². The molecule has 6 rings (SSSR count). The van der Waals surface area contributed by atoms with Gasteiger partial charge in [0.2, 0.25) is 4.96 Å². The molecule has 4 aromatic heterocycles. The van der Waals surface area contributed by atoms with Crippen molar-refractivity contribution in [2.24, 2.45) is 0 Å². The maximum Gasteiger partial charge on any atom is 0.294 e. The van der Waals surface area contributed by atoms with Crippen molar-refractivity contribution in [3.63, 3.8) is 0 Å². The number of methoxy groups -OCH3 is 2. The van der Waals surface area contributed by atoms with Gasteiger partial charge >= 0.3 is 0 Å². The zero-order chi connectivity index (χ0) is 24.0. The highest BCUT2D eigenvalue weighted by molar-refractivity contribution is 7.18. The third-order valence-corrected chi connectivity index (χ3v) is 8.38. The number of furan rings is 1. The summed E-state index contributed by atoms with van der Waals surface area (Å²) in [7, 11) is 3.21. The Morgan fingerprint density at radius 3 is 2.74 bits per heavy atom. The number of hydrogen-bond acceptors (Lipinski definition) is 10. The molecule has 0 spiro atoms. The van der Waals surface area contributed by atoms with Crippen LogP contribution in [-0.4, -0.2) is 47.0 Å². The van der Waals surface area contributed by atoms with Gasteiger partial charge < -0.3 is 23.4 Å². The van der Waals surface area contributed by atoms with Gasteiger partial charge in [-0.2, -0.15) is 0 Å². The average Bonchev–Trinajstić information content (AvgIpc) is 3.65. The lowest BCUT2D eigenvalue weighted by atomic mass is 9.83. The van der Waals surface area contributed by atoms with Crippen LogP contribution in [-0.2, 0) is 16.8 Å². The Balaban J connectivity index is 1.27. The zero-order valence-corrected chi connectivity index (χ0v) is 21.2. The number of hydrogen-bond donors (Lipinski definition) is 0. The second-order valence-corrected chi connectivity index (χ2v) is 10.5. The molecular formula is C24H24N4O5S2. The number of thiazole rings is 1. The van der Waals surface area contributed by atoms with Crippen LogP contribution >= 0.6 is 22.7 Å². The van der Waals surface area contributed by atoms with Crippen molar-refractivity contribution in [1.29, 1.82) is 0 Å². The molecule has 1 aromatic carbocycles. The molecule has 5 heterocycles. The molecule has 11 heteroatoms. The van der Waals surface area contributed by atoms with E-state index in [4.69, 9.17) is 28.3 Å². The van der Waals surface area contributed by atoms with Crippen LogP contribution in [0, 0.1) is 0 Å². The third kappa shape index (κ3) is 4.13. The normalized spacial score (nSPS) is 15.6. The quantitative estimate of drug-likeness (QED) is 0.289. The molecule has 0 unspecified atom stereocenters. The first-order valence-electron chi connectivity index (χ1n) is 11.2. The van der Waals surface area contributed by atoms with Crippen molar-refractivity contribution >= 4 is 38.6 Å². The molecule has 1 aliphatic rings. The fourth-order valence-electron chi connectivity index (χ4n) is 4.17. The first-order valence-corrected chi connectivity index (χ1v) is 12.9. The fourth-order valence-corrected chi connectivity index (χ4v) is 5.89. The van der Waals surface area contributed by atoms with Crippen LogP contribution in [0.15, 0.2) is 34.2 Å². The van der Waals surface area contributed by atoms with Gasteiger partial charge in [-0.3, -0.25) is 0 Å². The molecule has 0 aliphatic carbocycles. The SMILES string of the molecule is COc1cc(OCc2csc(C3(C)CCOCC3)n2)c2cc(-c3cn4nc(OC)sc4n3)oc2c1. The summed E-state index contributed by atoms with van der Waals surface area (Å²) in [6.45, 7) is 4.19. The molecule has 0 bridgehead atoms. The van der Waals surface area contributed by atoms with E-state index in [1.165, 1.54) is 11.3 Å². The van der Waals surface area contributed by atoms with Gasteiger partial charge in [-0.15, -0.1) is 16.4 Å². The second-order valence-electron chi connectivity index (χ2n) is 8.68. The largest absolute Gasteiger partial charge is 0.496 e. The van der Waals surface area contributed by atoms with E-state index in [2.05, 4.69) is 22.4 Å². The highest BCUT2D eigenvalue weighted by atomic mass is 32.1. The molecule has 9 nitrogen and oxygen atoms in total. The molecule has 1 fully saturated rings. The Kier molecular flexibility index (Phi) is 5.62. The summed E-state index contributed by atoms with van der Waals surface area (Å²) in [6.07, 6.45) is 3.80. The highest BCUT2D eigenvalue weighted by Crippen LogP contribution is 2.39. The molecule has 1 saturated heterocycles.